The number of hydrogen-bond acceptors (Lipinski definition) is 4. The zero-order valence-corrected chi connectivity index (χ0v) is 13.8. The van der Waals surface area contributed by atoms with Crippen molar-refractivity contribution in [3.63, 3.8) is 0 Å². The molecule has 1 aromatic carbocycles. The minimum absolute atomic E-state index is 0.0493. The van der Waals surface area contributed by atoms with E-state index in [4.69, 9.17) is 4.52 Å². The van der Waals surface area contributed by atoms with Gasteiger partial charge in [-0.15, -0.1) is 0 Å². The number of pyridine rings is 1. The van der Waals surface area contributed by atoms with Crippen LogP contribution in [0.4, 0.5) is 8.78 Å². The molecular formula is C19H15F2N3O2. The summed E-state index contributed by atoms with van der Waals surface area (Å²) < 4.78 is 32.1. The molecule has 0 spiro atoms. The molecule has 0 saturated heterocycles. The molecule has 2 aromatic heterocycles. The maximum Gasteiger partial charge on any atom is 0.228 e. The third-order valence-electron chi connectivity index (χ3n) is 4.43. The highest BCUT2D eigenvalue weighted by Gasteiger charge is 2.28. The molecule has 1 aliphatic rings. The van der Waals surface area contributed by atoms with Gasteiger partial charge in [0.2, 0.25) is 5.91 Å². The van der Waals surface area contributed by atoms with E-state index in [9.17, 15) is 13.6 Å². The van der Waals surface area contributed by atoms with Crippen LogP contribution in [0.2, 0.25) is 0 Å². The molecule has 0 N–H and O–H groups in total. The topological polar surface area (TPSA) is 59.2 Å². The fourth-order valence-electron chi connectivity index (χ4n) is 3.06. The van der Waals surface area contributed by atoms with Crippen LogP contribution in [-0.2, 0) is 24.2 Å². The first-order valence-electron chi connectivity index (χ1n) is 8.22. The Hall–Kier alpha value is -3.09. The Morgan fingerprint density at radius 2 is 2.08 bits per heavy atom. The summed E-state index contributed by atoms with van der Waals surface area (Å²) in [4.78, 5) is 18.5. The van der Waals surface area contributed by atoms with Crippen LogP contribution >= 0.6 is 0 Å². The number of nitrogens with zero attached hydrogens (tertiary/aromatic N) is 3. The Kier molecular flexibility index (Phi) is 4.20. The van der Waals surface area contributed by atoms with Crippen LogP contribution in [0.25, 0.3) is 11.3 Å². The van der Waals surface area contributed by atoms with Crippen LogP contribution in [0.5, 0.6) is 0 Å². The number of hydrogen-bond donors (Lipinski definition) is 0. The number of aromatic nitrogens is 2. The Labute approximate surface area is 148 Å². The van der Waals surface area contributed by atoms with E-state index in [-0.39, 0.29) is 12.3 Å². The molecule has 1 aliphatic heterocycles. The fraction of sp³-hybridized carbons (Fsp3) is 0.211. The molecule has 1 amide bonds. The lowest BCUT2D eigenvalue weighted by molar-refractivity contribution is -0.131. The van der Waals surface area contributed by atoms with E-state index in [1.54, 1.807) is 23.2 Å². The second-order valence-electron chi connectivity index (χ2n) is 6.12. The molecule has 0 unspecified atom stereocenters. The third kappa shape index (κ3) is 3.08. The van der Waals surface area contributed by atoms with Crippen LogP contribution < -0.4 is 0 Å². The average molecular weight is 355 g/mol. The molecule has 26 heavy (non-hydrogen) atoms. The number of fused-ring (bicyclic) bond motifs is 1. The van der Waals surface area contributed by atoms with Gasteiger partial charge in [0.15, 0.2) is 11.6 Å². The van der Waals surface area contributed by atoms with Crippen LogP contribution in [0, 0.1) is 11.6 Å². The highest BCUT2D eigenvalue weighted by Crippen LogP contribution is 2.30. The van der Waals surface area contributed by atoms with Crippen molar-refractivity contribution in [1.29, 1.82) is 0 Å². The fourth-order valence-corrected chi connectivity index (χ4v) is 3.06. The average Bonchev–Trinajstić information content (AvgIpc) is 3.08. The predicted octanol–water partition coefficient (Wildman–Crippen LogP) is 3.14. The van der Waals surface area contributed by atoms with Crippen molar-refractivity contribution >= 4 is 5.91 Å². The quantitative estimate of drug-likeness (QED) is 0.724. The third-order valence-corrected chi connectivity index (χ3v) is 4.43. The first-order valence-corrected chi connectivity index (χ1v) is 8.22. The summed E-state index contributed by atoms with van der Waals surface area (Å²) in [5, 5.41) is 4.00. The Balaban J connectivity index is 1.57. The van der Waals surface area contributed by atoms with Crippen molar-refractivity contribution in [2.45, 2.75) is 19.4 Å². The number of benzene rings is 1. The maximum absolute atomic E-state index is 13.5. The van der Waals surface area contributed by atoms with Gasteiger partial charge in [-0.1, -0.05) is 11.2 Å². The smallest absolute Gasteiger partial charge is 0.228 e. The van der Waals surface area contributed by atoms with Gasteiger partial charge >= 0.3 is 0 Å². The molecule has 0 aliphatic carbocycles. The normalized spacial score (nSPS) is 13.5. The molecule has 7 heteroatoms. The molecule has 0 saturated carbocycles. The van der Waals surface area contributed by atoms with Crippen molar-refractivity contribution in [3.05, 3.63) is 71.2 Å². The van der Waals surface area contributed by atoms with E-state index in [1.165, 1.54) is 6.07 Å². The molecule has 3 heterocycles. The molecule has 4 rings (SSSR count). The Bertz CT molecular complexity index is 957. The van der Waals surface area contributed by atoms with Crippen molar-refractivity contribution in [3.8, 4) is 11.3 Å². The Morgan fingerprint density at radius 1 is 1.19 bits per heavy atom. The van der Waals surface area contributed by atoms with E-state index in [1.807, 2.05) is 6.07 Å². The molecule has 5 nitrogen and oxygen atoms in total. The lowest BCUT2D eigenvalue weighted by atomic mass is 10.0. The molecule has 0 atom stereocenters. The van der Waals surface area contributed by atoms with E-state index in [2.05, 4.69) is 10.1 Å². The molecule has 0 bridgehead atoms. The van der Waals surface area contributed by atoms with Gasteiger partial charge in [0, 0.05) is 36.0 Å². The predicted molar refractivity (Wildman–Crippen MR) is 88.9 cm³/mol. The summed E-state index contributed by atoms with van der Waals surface area (Å²) in [5.41, 5.74) is 2.30. The number of halogens is 2. The molecule has 132 valence electrons. The van der Waals surface area contributed by atoms with Gasteiger partial charge in [0.1, 0.15) is 11.5 Å². The Morgan fingerprint density at radius 3 is 2.85 bits per heavy atom. The molecule has 0 fully saturated rings. The van der Waals surface area contributed by atoms with Gasteiger partial charge < -0.3 is 9.42 Å². The van der Waals surface area contributed by atoms with E-state index in [0.29, 0.717) is 42.2 Å². The summed E-state index contributed by atoms with van der Waals surface area (Å²) in [6.07, 6.45) is 2.39. The first-order chi connectivity index (χ1) is 12.6. The highest BCUT2D eigenvalue weighted by atomic mass is 19.2. The summed E-state index contributed by atoms with van der Waals surface area (Å²) in [6, 6.07) is 9.03. The monoisotopic (exact) mass is 355 g/mol. The molecule has 3 aromatic rings. The summed E-state index contributed by atoms with van der Waals surface area (Å²) in [6.45, 7) is 0.837. The largest absolute Gasteiger partial charge is 0.360 e. The summed E-state index contributed by atoms with van der Waals surface area (Å²) in [7, 11) is 0. The van der Waals surface area contributed by atoms with Crippen LogP contribution in [0.1, 0.15) is 17.0 Å². The SMILES string of the molecule is O=C(Cc1ccccn1)N1CCc2onc(-c3ccc(F)c(F)c3)c2C1. The lowest BCUT2D eigenvalue weighted by Crippen LogP contribution is -2.36. The number of rotatable bonds is 3. The summed E-state index contributed by atoms with van der Waals surface area (Å²) >= 11 is 0. The number of carbonyl (C=O) groups excluding carboxylic acids is 1. The van der Waals surface area contributed by atoms with Crippen LogP contribution in [0.3, 0.4) is 0 Å². The zero-order valence-electron chi connectivity index (χ0n) is 13.8. The van der Waals surface area contributed by atoms with Gasteiger partial charge in [-0.3, -0.25) is 9.78 Å². The highest BCUT2D eigenvalue weighted by molar-refractivity contribution is 5.79. The standard InChI is InChI=1S/C19H15F2N3O2/c20-15-5-4-12(9-16(15)21)19-14-11-24(8-6-17(14)26-23-19)18(25)10-13-3-1-2-7-22-13/h1-5,7,9H,6,8,10-11H2. The van der Waals surface area contributed by atoms with Crippen molar-refractivity contribution < 1.29 is 18.1 Å². The van der Waals surface area contributed by atoms with Crippen molar-refractivity contribution in [2.75, 3.05) is 6.54 Å². The van der Waals surface area contributed by atoms with E-state index < -0.39 is 11.6 Å². The zero-order chi connectivity index (χ0) is 18.1. The van der Waals surface area contributed by atoms with Gasteiger partial charge in [-0.05, 0) is 30.3 Å². The minimum atomic E-state index is -0.946. The summed E-state index contributed by atoms with van der Waals surface area (Å²) in [5.74, 6) is -1.24. The second kappa shape index (κ2) is 6.67. The van der Waals surface area contributed by atoms with Crippen molar-refractivity contribution in [1.82, 2.24) is 15.0 Å². The molecular weight excluding hydrogens is 340 g/mol. The first kappa shape index (κ1) is 16.4. The minimum Gasteiger partial charge on any atom is -0.360 e. The maximum atomic E-state index is 13.5. The van der Waals surface area contributed by atoms with Gasteiger partial charge in [0.25, 0.3) is 0 Å². The molecule has 0 radical (unpaired) electrons. The van der Waals surface area contributed by atoms with Crippen LogP contribution in [0.15, 0.2) is 47.1 Å². The van der Waals surface area contributed by atoms with Crippen molar-refractivity contribution in [2.24, 2.45) is 0 Å². The lowest BCUT2D eigenvalue weighted by Gasteiger charge is -2.26. The number of carbonyl (C=O) groups is 1. The second-order valence-corrected chi connectivity index (χ2v) is 6.12. The van der Waals surface area contributed by atoms with Gasteiger partial charge in [0.05, 0.1) is 13.0 Å². The van der Waals surface area contributed by atoms with E-state index >= 15 is 0 Å². The van der Waals surface area contributed by atoms with Gasteiger partial charge in [-0.2, -0.15) is 0 Å². The number of amides is 1. The van der Waals surface area contributed by atoms with Crippen LogP contribution in [-0.4, -0.2) is 27.5 Å². The van der Waals surface area contributed by atoms with E-state index in [0.717, 1.165) is 17.7 Å². The van der Waals surface area contributed by atoms with Gasteiger partial charge in [-0.25, -0.2) is 8.78 Å².